The Balaban J connectivity index is 2.96. The molecule has 1 aromatic rings. The molecule has 0 amide bonds. The third-order valence-corrected chi connectivity index (χ3v) is 1.79. The quantitative estimate of drug-likeness (QED) is 0.755. The minimum Gasteiger partial charge on any atom is -0.484 e. The molecule has 100 valence electrons. The SMILES string of the molecule is C=Cc1ccc(OCC(F)F)c(OC(F)(F)F)c1. The van der Waals surface area contributed by atoms with Gasteiger partial charge in [-0.15, -0.1) is 13.2 Å². The molecule has 0 radical (unpaired) electrons. The molecule has 18 heavy (non-hydrogen) atoms. The molecule has 0 aliphatic rings. The largest absolute Gasteiger partial charge is 0.573 e. The van der Waals surface area contributed by atoms with Gasteiger partial charge in [-0.1, -0.05) is 18.7 Å². The number of ether oxygens (including phenoxy) is 2. The van der Waals surface area contributed by atoms with Crippen LogP contribution in [-0.4, -0.2) is 19.4 Å². The van der Waals surface area contributed by atoms with Crippen LogP contribution in [-0.2, 0) is 0 Å². The number of hydrogen-bond donors (Lipinski definition) is 0. The van der Waals surface area contributed by atoms with Gasteiger partial charge in [0, 0.05) is 0 Å². The number of alkyl halides is 5. The van der Waals surface area contributed by atoms with E-state index in [0.717, 1.165) is 12.1 Å². The maximum atomic E-state index is 12.1. The maximum Gasteiger partial charge on any atom is 0.573 e. The molecule has 0 spiro atoms. The van der Waals surface area contributed by atoms with Gasteiger partial charge in [-0.3, -0.25) is 0 Å². The zero-order valence-electron chi connectivity index (χ0n) is 9.01. The first-order chi connectivity index (χ1) is 8.31. The van der Waals surface area contributed by atoms with E-state index in [9.17, 15) is 22.0 Å². The third-order valence-electron chi connectivity index (χ3n) is 1.79. The molecule has 7 heteroatoms. The van der Waals surface area contributed by atoms with Gasteiger partial charge < -0.3 is 9.47 Å². The summed E-state index contributed by atoms with van der Waals surface area (Å²) in [5.41, 5.74) is 0.346. The number of hydrogen-bond acceptors (Lipinski definition) is 2. The van der Waals surface area contributed by atoms with Crippen LogP contribution in [0.15, 0.2) is 24.8 Å². The van der Waals surface area contributed by atoms with Gasteiger partial charge in [0.25, 0.3) is 6.43 Å². The van der Waals surface area contributed by atoms with E-state index in [1.165, 1.54) is 12.1 Å². The minimum absolute atomic E-state index is 0.346. The molecule has 0 aliphatic heterocycles. The van der Waals surface area contributed by atoms with E-state index >= 15 is 0 Å². The van der Waals surface area contributed by atoms with Crippen LogP contribution >= 0.6 is 0 Å². The van der Waals surface area contributed by atoms with E-state index in [1.807, 2.05) is 0 Å². The van der Waals surface area contributed by atoms with Gasteiger partial charge in [0.15, 0.2) is 11.5 Å². The molecule has 0 unspecified atom stereocenters. The van der Waals surface area contributed by atoms with Gasteiger partial charge in [-0.2, -0.15) is 0 Å². The van der Waals surface area contributed by atoms with Crippen LogP contribution < -0.4 is 9.47 Å². The van der Waals surface area contributed by atoms with Crippen molar-refractivity contribution in [3.8, 4) is 11.5 Å². The average Bonchev–Trinajstić information content (AvgIpc) is 2.25. The molecule has 0 aromatic heterocycles. The summed E-state index contributed by atoms with van der Waals surface area (Å²) in [4.78, 5) is 0. The third kappa shape index (κ3) is 4.60. The Labute approximate surface area is 99.6 Å². The van der Waals surface area contributed by atoms with Crippen LogP contribution in [0.3, 0.4) is 0 Å². The van der Waals surface area contributed by atoms with Crippen LogP contribution in [0.2, 0.25) is 0 Å². The summed E-state index contributed by atoms with van der Waals surface area (Å²) in [7, 11) is 0. The first-order valence-corrected chi connectivity index (χ1v) is 4.75. The van der Waals surface area contributed by atoms with Crippen molar-refractivity contribution in [2.24, 2.45) is 0 Å². The maximum absolute atomic E-state index is 12.1. The van der Waals surface area contributed by atoms with Crippen LogP contribution in [0.25, 0.3) is 6.08 Å². The second-order valence-corrected chi connectivity index (χ2v) is 3.16. The monoisotopic (exact) mass is 268 g/mol. The molecule has 0 bridgehead atoms. The fourth-order valence-corrected chi connectivity index (χ4v) is 1.13. The van der Waals surface area contributed by atoms with E-state index in [-0.39, 0.29) is 0 Å². The topological polar surface area (TPSA) is 18.5 Å². The predicted octanol–water partition coefficient (Wildman–Crippen LogP) is 3.87. The Morgan fingerprint density at radius 3 is 2.39 bits per heavy atom. The van der Waals surface area contributed by atoms with Gasteiger partial charge in [0.1, 0.15) is 6.61 Å². The van der Waals surface area contributed by atoms with Gasteiger partial charge in [0.2, 0.25) is 0 Å². The van der Waals surface area contributed by atoms with Crippen LogP contribution in [0.5, 0.6) is 11.5 Å². The highest BCUT2D eigenvalue weighted by molar-refractivity contribution is 5.54. The summed E-state index contributed by atoms with van der Waals surface area (Å²) in [6.07, 6.45) is -6.43. The van der Waals surface area contributed by atoms with E-state index in [0.29, 0.717) is 5.56 Å². The van der Waals surface area contributed by atoms with Crippen molar-refractivity contribution in [1.82, 2.24) is 0 Å². The van der Waals surface area contributed by atoms with Gasteiger partial charge in [-0.25, -0.2) is 8.78 Å². The Morgan fingerprint density at radius 2 is 1.89 bits per heavy atom. The zero-order chi connectivity index (χ0) is 13.8. The van der Waals surface area contributed by atoms with E-state index in [4.69, 9.17) is 0 Å². The molecule has 0 saturated carbocycles. The summed E-state index contributed by atoms with van der Waals surface area (Å²) >= 11 is 0. The van der Waals surface area contributed by atoms with Crippen molar-refractivity contribution in [3.63, 3.8) is 0 Å². The van der Waals surface area contributed by atoms with Crippen molar-refractivity contribution in [3.05, 3.63) is 30.3 Å². The van der Waals surface area contributed by atoms with Gasteiger partial charge in [-0.05, 0) is 17.7 Å². The Bertz CT molecular complexity index is 414. The van der Waals surface area contributed by atoms with Gasteiger partial charge in [0.05, 0.1) is 0 Å². The van der Waals surface area contributed by atoms with Crippen LogP contribution in [0, 0.1) is 0 Å². The highest BCUT2D eigenvalue weighted by Crippen LogP contribution is 2.33. The highest BCUT2D eigenvalue weighted by Gasteiger charge is 2.32. The standard InChI is InChI=1S/C11H9F5O2/c1-2-7-3-4-8(17-6-10(12)13)9(5-7)18-11(14,15)16/h2-5,10H,1,6H2. The summed E-state index contributed by atoms with van der Waals surface area (Å²) in [5.74, 6) is -1.08. The molecular weight excluding hydrogens is 259 g/mol. The summed E-state index contributed by atoms with van der Waals surface area (Å²) < 4.78 is 68.4. The molecule has 0 N–H and O–H groups in total. The molecule has 1 aromatic carbocycles. The first kappa shape index (κ1) is 14.3. The molecular formula is C11H9F5O2. The van der Waals surface area contributed by atoms with Crippen LogP contribution in [0.4, 0.5) is 22.0 Å². The Morgan fingerprint density at radius 1 is 1.22 bits per heavy atom. The van der Waals surface area contributed by atoms with Crippen molar-refractivity contribution < 1.29 is 31.4 Å². The number of rotatable bonds is 5. The van der Waals surface area contributed by atoms with Crippen molar-refractivity contribution in [2.75, 3.05) is 6.61 Å². The van der Waals surface area contributed by atoms with Crippen molar-refractivity contribution in [1.29, 1.82) is 0 Å². The summed E-state index contributed by atoms with van der Waals surface area (Å²) in [6.45, 7) is 2.36. The average molecular weight is 268 g/mol. The lowest BCUT2D eigenvalue weighted by atomic mass is 10.2. The molecule has 0 atom stereocenters. The smallest absolute Gasteiger partial charge is 0.484 e. The normalized spacial score (nSPS) is 11.4. The molecule has 0 heterocycles. The van der Waals surface area contributed by atoms with Crippen molar-refractivity contribution in [2.45, 2.75) is 12.8 Å². The predicted molar refractivity (Wildman–Crippen MR) is 54.7 cm³/mol. The van der Waals surface area contributed by atoms with Crippen molar-refractivity contribution >= 4 is 6.08 Å². The fourth-order valence-electron chi connectivity index (χ4n) is 1.13. The second kappa shape index (κ2) is 5.70. The highest BCUT2D eigenvalue weighted by atomic mass is 19.4. The summed E-state index contributed by atoms with van der Waals surface area (Å²) in [6, 6.07) is 3.48. The number of halogens is 5. The number of benzene rings is 1. The Kier molecular flexibility index (Phi) is 4.52. The van der Waals surface area contributed by atoms with E-state index < -0.39 is 30.9 Å². The molecule has 0 saturated heterocycles. The van der Waals surface area contributed by atoms with Crippen LogP contribution in [0.1, 0.15) is 5.56 Å². The molecule has 2 nitrogen and oxygen atoms in total. The van der Waals surface area contributed by atoms with E-state index in [2.05, 4.69) is 16.1 Å². The molecule has 1 rings (SSSR count). The lowest BCUT2D eigenvalue weighted by Gasteiger charge is -2.14. The molecule has 0 fully saturated rings. The lowest BCUT2D eigenvalue weighted by Crippen LogP contribution is -2.18. The fraction of sp³-hybridized carbons (Fsp3) is 0.273. The summed E-state index contributed by atoms with van der Waals surface area (Å²) in [5, 5.41) is 0. The lowest BCUT2D eigenvalue weighted by molar-refractivity contribution is -0.275. The first-order valence-electron chi connectivity index (χ1n) is 4.75. The van der Waals surface area contributed by atoms with E-state index in [1.54, 1.807) is 0 Å². The minimum atomic E-state index is -4.93. The Hall–Kier alpha value is -1.79. The van der Waals surface area contributed by atoms with Gasteiger partial charge >= 0.3 is 6.36 Å². The molecule has 0 aliphatic carbocycles. The second-order valence-electron chi connectivity index (χ2n) is 3.16. The zero-order valence-corrected chi connectivity index (χ0v) is 9.01.